The SMILES string of the molecule is Cc1ccccc1C(=O)N(Cc1cccc(F)c1)c1ccc(CC(=O)NCc2ccco2)cc1. The smallest absolute Gasteiger partial charge is 0.258 e. The van der Waals surface area contributed by atoms with Crippen LogP contribution in [0.2, 0.25) is 0 Å². The van der Waals surface area contributed by atoms with Crippen molar-refractivity contribution in [2.75, 3.05) is 4.90 Å². The first kappa shape index (κ1) is 23.0. The number of nitrogens with zero attached hydrogens (tertiary/aromatic N) is 1. The minimum absolute atomic E-state index is 0.128. The molecule has 0 atom stereocenters. The zero-order valence-corrected chi connectivity index (χ0v) is 18.8. The molecule has 0 aliphatic carbocycles. The highest BCUT2D eigenvalue weighted by Gasteiger charge is 2.20. The van der Waals surface area contributed by atoms with E-state index in [1.807, 2.05) is 49.4 Å². The van der Waals surface area contributed by atoms with Crippen LogP contribution in [0.15, 0.2) is 95.6 Å². The normalized spacial score (nSPS) is 10.6. The molecular weight excluding hydrogens is 431 g/mol. The molecule has 4 rings (SSSR count). The van der Waals surface area contributed by atoms with Gasteiger partial charge in [-0.3, -0.25) is 9.59 Å². The Labute approximate surface area is 197 Å². The van der Waals surface area contributed by atoms with Gasteiger partial charge in [-0.25, -0.2) is 4.39 Å². The molecular formula is C28H25FN2O3. The zero-order valence-electron chi connectivity index (χ0n) is 18.8. The lowest BCUT2D eigenvalue weighted by molar-refractivity contribution is -0.120. The summed E-state index contributed by atoms with van der Waals surface area (Å²) in [5.74, 6) is 0.0335. The zero-order chi connectivity index (χ0) is 23.9. The molecule has 3 aromatic carbocycles. The van der Waals surface area contributed by atoms with E-state index in [4.69, 9.17) is 4.42 Å². The lowest BCUT2D eigenvalue weighted by Crippen LogP contribution is -2.31. The second-order valence-corrected chi connectivity index (χ2v) is 8.04. The Hall–Kier alpha value is -4.19. The molecule has 0 spiro atoms. The number of carbonyl (C=O) groups excluding carboxylic acids is 2. The number of halogens is 1. The lowest BCUT2D eigenvalue weighted by Gasteiger charge is -2.24. The van der Waals surface area contributed by atoms with Gasteiger partial charge in [0.05, 0.1) is 25.8 Å². The first-order chi connectivity index (χ1) is 16.5. The van der Waals surface area contributed by atoms with Crippen molar-refractivity contribution in [1.82, 2.24) is 5.32 Å². The third-order valence-corrected chi connectivity index (χ3v) is 5.50. The maximum absolute atomic E-state index is 13.8. The molecule has 0 saturated carbocycles. The molecule has 0 aliphatic rings. The molecule has 5 nitrogen and oxygen atoms in total. The summed E-state index contributed by atoms with van der Waals surface area (Å²) in [4.78, 5) is 27.4. The van der Waals surface area contributed by atoms with Gasteiger partial charge in [-0.15, -0.1) is 0 Å². The Morgan fingerprint density at radius 3 is 2.41 bits per heavy atom. The van der Waals surface area contributed by atoms with E-state index >= 15 is 0 Å². The molecule has 0 fully saturated rings. The average Bonchev–Trinajstić information content (AvgIpc) is 3.36. The Morgan fingerprint density at radius 2 is 1.71 bits per heavy atom. The van der Waals surface area contributed by atoms with Crippen molar-refractivity contribution in [2.24, 2.45) is 0 Å². The molecule has 0 aliphatic heterocycles. The van der Waals surface area contributed by atoms with Crippen molar-refractivity contribution >= 4 is 17.5 Å². The molecule has 1 N–H and O–H groups in total. The summed E-state index contributed by atoms with van der Waals surface area (Å²) >= 11 is 0. The van der Waals surface area contributed by atoms with Crippen molar-refractivity contribution in [3.05, 3.63) is 125 Å². The molecule has 0 bridgehead atoms. The molecule has 6 heteroatoms. The van der Waals surface area contributed by atoms with Gasteiger partial charge < -0.3 is 14.6 Å². The molecule has 0 saturated heterocycles. The maximum atomic E-state index is 13.8. The van der Waals surface area contributed by atoms with E-state index in [-0.39, 0.29) is 30.6 Å². The Bertz CT molecular complexity index is 1270. The van der Waals surface area contributed by atoms with Crippen LogP contribution >= 0.6 is 0 Å². The summed E-state index contributed by atoms with van der Waals surface area (Å²) in [6, 6.07) is 24.4. The van der Waals surface area contributed by atoms with Crippen molar-refractivity contribution in [2.45, 2.75) is 26.4 Å². The summed E-state index contributed by atoms with van der Waals surface area (Å²) in [5, 5.41) is 2.82. The molecule has 2 amide bonds. The molecule has 4 aromatic rings. The van der Waals surface area contributed by atoms with Gasteiger partial charge in [-0.2, -0.15) is 0 Å². The van der Waals surface area contributed by atoms with Gasteiger partial charge in [0.1, 0.15) is 11.6 Å². The molecule has 0 unspecified atom stereocenters. The highest BCUT2D eigenvalue weighted by atomic mass is 19.1. The van der Waals surface area contributed by atoms with E-state index in [2.05, 4.69) is 5.32 Å². The van der Waals surface area contributed by atoms with E-state index in [0.29, 0.717) is 29.1 Å². The van der Waals surface area contributed by atoms with Crippen LogP contribution in [-0.4, -0.2) is 11.8 Å². The first-order valence-electron chi connectivity index (χ1n) is 11.0. The summed E-state index contributed by atoms with van der Waals surface area (Å²) in [5.41, 5.74) is 3.61. The van der Waals surface area contributed by atoms with Crippen LogP contribution in [0, 0.1) is 12.7 Å². The topological polar surface area (TPSA) is 62.6 Å². The van der Waals surface area contributed by atoms with Gasteiger partial charge in [0.15, 0.2) is 0 Å². The number of furan rings is 1. The van der Waals surface area contributed by atoms with Crippen LogP contribution in [-0.2, 0) is 24.3 Å². The summed E-state index contributed by atoms with van der Waals surface area (Å²) < 4.78 is 19.0. The monoisotopic (exact) mass is 456 g/mol. The number of nitrogens with one attached hydrogen (secondary N) is 1. The fraction of sp³-hybridized carbons (Fsp3) is 0.143. The number of benzene rings is 3. The highest BCUT2D eigenvalue weighted by molar-refractivity contribution is 6.07. The molecule has 172 valence electrons. The van der Waals surface area contributed by atoms with E-state index < -0.39 is 0 Å². The van der Waals surface area contributed by atoms with Crippen molar-refractivity contribution in [3.8, 4) is 0 Å². The summed E-state index contributed by atoms with van der Waals surface area (Å²) in [7, 11) is 0. The fourth-order valence-corrected chi connectivity index (χ4v) is 3.70. The van der Waals surface area contributed by atoms with Crippen LogP contribution in [0.4, 0.5) is 10.1 Å². The van der Waals surface area contributed by atoms with Crippen molar-refractivity contribution in [3.63, 3.8) is 0 Å². The van der Waals surface area contributed by atoms with Crippen LogP contribution in [0.25, 0.3) is 0 Å². The summed E-state index contributed by atoms with van der Waals surface area (Å²) in [6.07, 6.45) is 1.77. The van der Waals surface area contributed by atoms with Crippen LogP contribution in [0.1, 0.15) is 32.8 Å². The van der Waals surface area contributed by atoms with Gasteiger partial charge in [0, 0.05) is 11.3 Å². The second kappa shape index (κ2) is 10.6. The number of hydrogen-bond acceptors (Lipinski definition) is 3. The molecule has 1 aromatic heterocycles. The van der Waals surface area contributed by atoms with Crippen LogP contribution in [0.3, 0.4) is 0 Å². The Morgan fingerprint density at radius 1 is 0.912 bits per heavy atom. The van der Waals surface area contributed by atoms with E-state index in [1.165, 1.54) is 12.1 Å². The third kappa shape index (κ3) is 5.78. The molecule has 34 heavy (non-hydrogen) atoms. The van der Waals surface area contributed by atoms with Crippen LogP contribution in [0.5, 0.6) is 0 Å². The predicted octanol–water partition coefficient (Wildman–Crippen LogP) is 5.43. The number of rotatable bonds is 8. The second-order valence-electron chi connectivity index (χ2n) is 8.04. The number of amides is 2. The van der Waals surface area contributed by atoms with Crippen molar-refractivity contribution < 1.29 is 18.4 Å². The number of carbonyl (C=O) groups is 2. The summed E-state index contributed by atoms with van der Waals surface area (Å²) in [6.45, 7) is 2.43. The number of aryl methyl sites for hydroxylation is 1. The number of anilines is 1. The van der Waals surface area contributed by atoms with Crippen LogP contribution < -0.4 is 10.2 Å². The lowest BCUT2D eigenvalue weighted by atomic mass is 10.1. The Balaban J connectivity index is 1.52. The number of hydrogen-bond donors (Lipinski definition) is 1. The van der Waals surface area contributed by atoms with Gasteiger partial charge in [-0.1, -0.05) is 42.5 Å². The predicted molar refractivity (Wildman–Crippen MR) is 129 cm³/mol. The largest absolute Gasteiger partial charge is 0.467 e. The minimum Gasteiger partial charge on any atom is -0.467 e. The van der Waals surface area contributed by atoms with Gasteiger partial charge >= 0.3 is 0 Å². The highest BCUT2D eigenvalue weighted by Crippen LogP contribution is 2.23. The van der Waals surface area contributed by atoms with E-state index in [9.17, 15) is 14.0 Å². The van der Waals surface area contributed by atoms with Gasteiger partial charge in [-0.05, 0) is 66.1 Å². The molecule has 0 radical (unpaired) electrons. The average molecular weight is 457 g/mol. The molecule has 1 heterocycles. The van der Waals surface area contributed by atoms with Gasteiger partial charge in [0.2, 0.25) is 5.91 Å². The minimum atomic E-state index is -0.350. The first-order valence-corrected chi connectivity index (χ1v) is 11.0. The Kier molecular flexibility index (Phi) is 7.18. The quantitative estimate of drug-likeness (QED) is 0.384. The third-order valence-electron chi connectivity index (χ3n) is 5.50. The van der Waals surface area contributed by atoms with E-state index in [0.717, 1.165) is 11.1 Å². The maximum Gasteiger partial charge on any atom is 0.258 e. The van der Waals surface area contributed by atoms with Crippen molar-refractivity contribution in [1.29, 1.82) is 0 Å². The van der Waals surface area contributed by atoms with Gasteiger partial charge in [0.25, 0.3) is 5.91 Å². The fourth-order valence-electron chi connectivity index (χ4n) is 3.70. The van der Waals surface area contributed by atoms with E-state index in [1.54, 1.807) is 41.5 Å². The standard InChI is InChI=1S/C28H25FN2O3/c1-20-6-2-3-10-26(20)28(33)31(19-22-7-4-8-23(29)16-22)24-13-11-21(12-14-24)17-27(32)30-18-25-9-5-15-34-25/h2-16H,17-19H2,1H3,(H,30,32).